The topological polar surface area (TPSA) is 80.1 Å². The molecular weight excluding hydrogens is 462 g/mol. The summed E-state index contributed by atoms with van der Waals surface area (Å²) >= 11 is 6.55. The van der Waals surface area contributed by atoms with Gasteiger partial charge in [-0.1, -0.05) is 44.5 Å². The molecule has 7 nitrogen and oxygen atoms in total. The molecule has 8 heteroatoms. The number of halogens is 1. The first-order valence-corrected chi connectivity index (χ1v) is 12.6. The second-order valence-electron chi connectivity index (χ2n) is 11.3. The van der Waals surface area contributed by atoms with Crippen molar-refractivity contribution in [2.45, 2.75) is 78.4 Å². The van der Waals surface area contributed by atoms with Crippen molar-refractivity contribution >= 4 is 40.1 Å². The summed E-state index contributed by atoms with van der Waals surface area (Å²) in [5, 5.41) is 3.54. The molecule has 5 rings (SSSR count). The molecule has 1 N–H and O–H groups in total. The number of aryl methyl sites for hydroxylation is 1. The lowest BCUT2D eigenvalue weighted by molar-refractivity contribution is -0.129. The number of carbonyl (C=O) groups is 2. The number of hydrogen-bond donors (Lipinski definition) is 1. The smallest absolute Gasteiger partial charge is 0.237 e. The number of nitrogens with zero attached hydrogens (tertiary/aromatic N) is 4. The molecular formula is C27H32ClN5O2. The number of nitrogens with one attached hydrogen (secondary N) is 1. The fourth-order valence-electron chi connectivity index (χ4n) is 5.06. The van der Waals surface area contributed by atoms with E-state index in [2.05, 4.69) is 15.3 Å². The quantitative estimate of drug-likeness (QED) is 0.513. The van der Waals surface area contributed by atoms with Crippen LogP contribution in [-0.2, 0) is 21.5 Å². The van der Waals surface area contributed by atoms with Crippen LogP contribution in [0.5, 0.6) is 0 Å². The Kier molecular flexibility index (Phi) is 5.47. The van der Waals surface area contributed by atoms with E-state index in [9.17, 15) is 9.59 Å². The number of hydrogen-bond acceptors (Lipinski definition) is 4. The second kappa shape index (κ2) is 8.05. The first kappa shape index (κ1) is 23.8. The molecule has 0 spiro atoms. The SMILES string of the molecule is CCn1cnc2cc(-c3ccc4c(c3)N([C@H]3C[C@@H](NC(=O)C(C)(C)C)C3)C(=O)C4(C)C)nc(Cl)c21. The van der Waals surface area contributed by atoms with Gasteiger partial charge in [0.15, 0.2) is 5.15 Å². The second-order valence-corrected chi connectivity index (χ2v) is 11.6. The summed E-state index contributed by atoms with van der Waals surface area (Å²) in [4.78, 5) is 37.0. The van der Waals surface area contributed by atoms with Crippen LogP contribution in [0.2, 0.25) is 5.15 Å². The van der Waals surface area contributed by atoms with Crippen molar-refractivity contribution < 1.29 is 9.59 Å². The Bertz CT molecular complexity index is 1350. The monoisotopic (exact) mass is 493 g/mol. The van der Waals surface area contributed by atoms with E-state index in [4.69, 9.17) is 11.6 Å². The number of carbonyl (C=O) groups excluding carboxylic acids is 2. The summed E-state index contributed by atoms with van der Waals surface area (Å²) < 4.78 is 1.98. The molecule has 0 saturated heterocycles. The third-order valence-corrected chi connectivity index (χ3v) is 7.63. The highest BCUT2D eigenvalue weighted by molar-refractivity contribution is 6.34. The van der Waals surface area contributed by atoms with Crippen molar-refractivity contribution in [3.8, 4) is 11.3 Å². The Morgan fingerprint density at radius 3 is 2.60 bits per heavy atom. The number of rotatable bonds is 4. The number of imidazole rings is 1. The number of pyridine rings is 1. The van der Waals surface area contributed by atoms with Crippen LogP contribution in [0.1, 0.15) is 59.9 Å². The third kappa shape index (κ3) is 3.80. The maximum atomic E-state index is 13.5. The number of fused-ring (bicyclic) bond motifs is 2. The van der Waals surface area contributed by atoms with Gasteiger partial charge < -0.3 is 14.8 Å². The fraction of sp³-hybridized carbons (Fsp3) is 0.481. The van der Waals surface area contributed by atoms with Crippen molar-refractivity contribution in [2.75, 3.05) is 4.90 Å². The van der Waals surface area contributed by atoms with Gasteiger partial charge in [-0.15, -0.1) is 0 Å². The van der Waals surface area contributed by atoms with Crippen molar-refractivity contribution in [3.63, 3.8) is 0 Å². The van der Waals surface area contributed by atoms with Crippen molar-refractivity contribution in [3.05, 3.63) is 41.3 Å². The van der Waals surface area contributed by atoms with E-state index in [0.717, 1.165) is 52.9 Å². The molecule has 35 heavy (non-hydrogen) atoms. The predicted molar refractivity (Wildman–Crippen MR) is 139 cm³/mol. The van der Waals surface area contributed by atoms with Crippen molar-refractivity contribution in [1.82, 2.24) is 19.9 Å². The fourth-order valence-corrected chi connectivity index (χ4v) is 5.36. The summed E-state index contributed by atoms with van der Waals surface area (Å²) in [5.74, 6) is 0.138. The molecule has 0 bridgehead atoms. The van der Waals surface area contributed by atoms with Crippen LogP contribution in [0.3, 0.4) is 0 Å². The molecule has 1 aliphatic carbocycles. The van der Waals surface area contributed by atoms with Crippen LogP contribution in [0, 0.1) is 5.41 Å². The van der Waals surface area contributed by atoms with Crippen LogP contribution in [-0.4, -0.2) is 38.4 Å². The first-order valence-electron chi connectivity index (χ1n) is 12.2. The van der Waals surface area contributed by atoms with Gasteiger partial charge in [0, 0.05) is 35.3 Å². The molecule has 3 aromatic rings. The molecule has 0 unspecified atom stereocenters. The zero-order chi connectivity index (χ0) is 25.3. The Hall–Kier alpha value is -2.93. The molecule has 3 heterocycles. The molecule has 1 saturated carbocycles. The third-order valence-electron chi connectivity index (χ3n) is 7.37. The largest absolute Gasteiger partial charge is 0.353 e. The van der Waals surface area contributed by atoms with Crippen LogP contribution in [0.15, 0.2) is 30.6 Å². The Labute approximate surface area is 210 Å². The lowest BCUT2D eigenvalue weighted by Gasteiger charge is -2.43. The molecule has 184 valence electrons. The van der Waals surface area contributed by atoms with E-state index < -0.39 is 10.8 Å². The normalized spacial score (nSPS) is 21.2. The Balaban J connectivity index is 1.46. The van der Waals surface area contributed by atoms with E-state index in [-0.39, 0.29) is 23.9 Å². The highest BCUT2D eigenvalue weighted by Gasteiger charge is 2.49. The van der Waals surface area contributed by atoms with Crippen LogP contribution in [0.4, 0.5) is 5.69 Å². The molecule has 0 atom stereocenters. The van der Waals surface area contributed by atoms with Gasteiger partial charge in [0.1, 0.15) is 5.52 Å². The minimum Gasteiger partial charge on any atom is -0.353 e. The first-order chi connectivity index (χ1) is 16.4. The van der Waals surface area contributed by atoms with Crippen LogP contribution < -0.4 is 10.2 Å². The van der Waals surface area contributed by atoms with Gasteiger partial charge >= 0.3 is 0 Å². The average molecular weight is 494 g/mol. The number of aromatic nitrogens is 3. The summed E-state index contributed by atoms with van der Waals surface area (Å²) in [6.45, 7) is 12.5. The highest BCUT2D eigenvalue weighted by Crippen LogP contribution is 2.47. The van der Waals surface area contributed by atoms with Gasteiger partial charge in [-0.25, -0.2) is 9.97 Å². The minimum atomic E-state index is -0.609. The maximum Gasteiger partial charge on any atom is 0.237 e. The zero-order valence-electron chi connectivity index (χ0n) is 21.1. The average Bonchev–Trinajstić information content (AvgIpc) is 3.27. The zero-order valence-corrected chi connectivity index (χ0v) is 21.9. The lowest BCUT2D eigenvalue weighted by Crippen LogP contribution is -2.57. The van der Waals surface area contributed by atoms with Crippen molar-refractivity contribution in [1.29, 1.82) is 0 Å². The molecule has 1 aromatic carbocycles. The van der Waals surface area contributed by atoms with E-state index in [0.29, 0.717) is 5.15 Å². The van der Waals surface area contributed by atoms with Crippen LogP contribution >= 0.6 is 11.6 Å². The number of anilines is 1. The van der Waals surface area contributed by atoms with Crippen molar-refractivity contribution in [2.24, 2.45) is 5.41 Å². The lowest BCUT2D eigenvalue weighted by atomic mass is 9.83. The number of amides is 2. The van der Waals surface area contributed by atoms with Crippen LogP contribution in [0.25, 0.3) is 22.3 Å². The Morgan fingerprint density at radius 1 is 1.23 bits per heavy atom. The van der Waals surface area contributed by atoms with E-state index in [1.54, 1.807) is 6.33 Å². The molecule has 2 aromatic heterocycles. The molecule has 0 radical (unpaired) electrons. The van der Waals surface area contributed by atoms with E-state index in [1.165, 1.54) is 0 Å². The van der Waals surface area contributed by atoms with Gasteiger partial charge in [0.2, 0.25) is 11.8 Å². The summed E-state index contributed by atoms with van der Waals surface area (Å²) in [6, 6.07) is 8.18. The van der Waals surface area contributed by atoms with Gasteiger partial charge in [0.25, 0.3) is 0 Å². The van der Waals surface area contributed by atoms with Gasteiger partial charge in [-0.05, 0) is 51.3 Å². The minimum absolute atomic E-state index is 0.0422. The molecule has 2 aliphatic rings. The molecule has 1 aliphatic heterocycles. The van der Waals surface area contributed by atoms with E-state index >= 15 is 0 Å². The molecule has 2 amide bonds. The van der Waals surface area contributed by atoms with E-state index in [1.807, 2.05) is 75.3 Å². The van der Waals surface area contributed by atoms with Gasteiger partial charge in [0.05, 0.1) is 23.0 Å². The van der Waals surface area contributed by atoms with Gasteiger partial charge in [-0.2, -0.15) is 0 Å². The standard InChI is InChI=1S/C27H32ClN5O2/c1-7-32-14-29-20-13-19(31-23(28)22(20)32)15-8-9-18-21(10-15)33(25(35)27(18,5)6)17-11-16(12-17)30-24(34)26(2,3)4/h8-10,13-14,16-17H,7,11-12H2,1-6H3,(H,30,34)/t16-,17+. The molecule has 1 fully saturated rings. The summed E-state index contributed by atoms with van der Waals surface area (Å²) in [7, 11) is 0. The summed E-state index contributed by atoms with van der Waals surface area (Å²) in [5.41, 5.74) is 4.14. The predicted octanol–water partition coefficient (Wildman–Crippen LogP) is 5.09. The number of benzene rings is 1. The highest BCUT2D eigenvalue weighted by atomic mass is 35.5. The Morgan fingerprint density at radius 2 is 1.94 bits per heavy atom. The maximum absolute atomic E-state index is 13.5. The van der Waals surface area contributed by atoms with Gasteiger partial charge in [-0.3, -0.25) is 9.59 Å². The summed E-state index contributed by atoms with van der Waals surface area (Å²) in [6.07, 6.45) is 3.27.